The summed E-state index contributed by atoms with van der Waals surface area (Å²) in [6.45, 7) is 2.35. The number of hydrogen-bond acceptors (Lipinski definition) is 2. The van der Waals surface area contributed by atoms with Crippen molar-refractivity contribution in [3.05, 3.63) is 29.1 Å². The normalized spacial score (nSPS) is 20.7. The van der Waals surface area contributed by atoms with Crippen molar-refractivity contribution in [1.29, 1.82) is 0 Å². The molecule has 2 rings (SSSR count). The van der Waals surface area contributed by atoms with Crippen molar-refractivity contribution >= 4 is 0 Å². The summed E-state index contributed by atoms with van der Waals surface area (Å²) < 4.78 is 18.6. The lowest BCUT2D eigenvalue weighted by atomic mass is 10.00. The van der Waals surface area contributed by atoms with Crippen LogP contribution in [0.4, 0.5) is 4.39 Å². The molecular weight excluding hydrogens is 169 g/mol. The molecule has 0 saturated carbocycles. The SMILES string of the molecule is Cc1cc2c(cc1F)C(N)CCO2. The molecule has 0 aromatic heterocycles. The summed E-state index contributed by atoms with van der Waals surface area (Å²) in [7, 11) is 0. The van der Waals surface area contributed by atoms with Crippen molar-refractivity contribution in [3.8, 4) is 5.75 Å². The third-order valence-corrected chi connectivity index (χ3v) is 2.38. The van der Waals surface area contributed by atoms with E-state index in [9.17, 15) is 4.39 Å². The molecule has 0 fully saturated rings. The third-order valence-electron chi connectivity index (χ3n) is 2.38. The van der Waals surface area contributed by atoms with E-state index in [4.69, 9.17) is 10.5 Å². The van der Waals surface area contributed by atoms with Crippen LogP contribution >= 0.6 is 0 Å². The van der Waals surface area contributed by atoms with Crippen LogP contribution in [0.15, 0.2) is 12.1 Å². The van der Waals surface area contributed by atoms with Crippen molar-refractivity contribution in [3.63, 3.8) is 0 Å². The Labute approximate surface area is 76.5 Å². The second kappa shape index (κ2) is 3.00. The number of halogens is 1. The van der Waals surface area contributed by atoms with Crippen molar-refractivity contribution in [2.24, 2.45) is 5.73 Å². The van der Waals surface area contributed by atoms with Gasteiger partial charge in [-0.05, 0) is 24.6 Å². The van der Waals surface area contributed by atoms with Gasteiger partial charge in [0.05, 0.1) is 6.61 Å². The van der Waals surface area contributed by atoms with Crippen LogP contribution in [0, 0.1) is 12.7 Å². The van der Waals surface area contributed by atoms with Gasteiger partial charge in [0.15, 0.2) is 0 Å². The average Bonchev–Trinajstić information content (AvgIpc) is 2.09. The molecule has 1 aliphatic heterocycles. The van der Waals surface area contributed by atoms with Crippen LogP contribution in [0.2, 0.25) is 0 Å². The molecule has 13 heavy (non-hydrogen) atoms. The summed E-state index contributed by atoms with van der Waals surface area (Å²) in [5.41, 5.74) is 7.21. The quantitative estimate of drug-likeness (QED) is 0.663. The molecule has 0 bridgehead atoms. The topological polar surface area (TPSA) is 35.2 Å². The van der Waals surface area contributed by atoms with Gasteiger partial charge in [0.25, 0.3) is 0 Å². The Morgan fingerprint density at radius 1 is 1.54 bits per heavy atom. The van der Waals surface area contributed by atoms with Crippen LogP contribution in [-0.4, -0.2) is 6.61 Å². The summed E-state index contributed by atoms with van der Waals surface area (Å²) >= 11 is 0. The largest absolute Gasteiger partial charge is 0.493 e. The average molecular weight is 181 g/mol. The lowest BCUT2D eigenvalue weighted by Gasteiger charge is -2.23. The van der Waals surface area contributed by atoms with Gasteiger partial charge in [-0.3, -0.25) is 0 Å². The minimum absolute atomic E-state index is 0.0844. The number of hydrogen-bond donors (Lipinski definition) is 1. The Hall–Kier alpha value is -1.09. The number of ether oxygens (including phenoxy) is 1. The van der Waals surface area contributed by atoms with Crippen molar-refractivity contribution in [2.45, 2.75) is 19.4 Å². The second-order valence-corrected chi connectivity index (χ2v) is 3.38. The summed E-state index contributed by atoms with van der Waals surface area (Å²) in [5.74, 6) is 0.525. The molecule has 1 aromatic rings. The van der Waals surface area contributed by atoms with Crippen LogP contribution in [-0.2, 0) is 0 Å². The minimum Gasteiger partial charge on any atom is -0.493 e. The number of benzene rings is 1. The van der Waals surface area contributed by atoms with Gasteiger partial charge in [-0.25, -0.2) is 4.39 Å². The summed E-state index contributed by atoms with van der Waals surface area (Å²) in [4.78, 5) is 0. The highest BCUT2D eigenvalue weighted by Crippen LogP contribution is 2.32. The molecule has 0 spiro atoms. The molecule has 1 unspecified atom stereocenters. The molecule has 2 N–H and O–H groups in total. The Balaban J connectivity index is 2.52. The summed E-state index contributed by atoms with van der Waals surface area (Å²) in [6.07, 6.45) is 0.759. The Morgan fingerprint density at radius 2 is 2.31 bits per heavy atom. The smallest absolute Gasteiger partial charge is 0.126 e. The molecule has 0 amide bonds. The lowest BCUT2D eigenvalue weighted by Crippen LogP contribution is -2.20. The van der Waals surface area contributed by atoms with E-state index >= 15 is 0 Å². The first-order chi connectivity index (χ1) is 6.18. The Morgan fingerprint density at radius 3 is 3.08 bits per heavy atom. The fourth-order valence-electron chi connectivity index (χ4n) is 1.54. The molecule has 1 aromatic carbocycles. The molecule has 2 nitrogen and oxygen atoms in total. The maximum Gasteiger partial charge on any atom is 0.126 e. The maximum absolute atomic E-state index is 13.2. The van der Waals surface area contributed by atoms with Crippen molar-refractivity contribution < 1.29 is 9.13 Å². The molecular formula is C10H12FNO. The van der Waals surface area contributed by atoms with E-state index in [2.05, 4.69) is 0 Å². The molecule has 0 saturated heterocycles. The van der Waals surface area contributed by atoms with E-state index in [0.717, 1.165) is 17.7 Å². The zero-order valence-corrected chi connectivity index (χ0v) is 7.51. The number of nitrogens with two attached hydrogens (primary N) is 1. The van der Waals surface area contributed by atoms with Gasteiger partial charge in [-0.15, -0.1) is 0 Å². The number of aryl methyl sites for hydroxylation is 1. The molecule has 70 valence electrons. The molecule has 1 aliphatic rings. The second-order valence-electron chi connectivity index (χ2n) is 3.38. The molecule has 1 atom stereocenters. The van der Waals surface area contributed by atoms with Gasteiger partial charge in [0.1, 0.15) is 11.6 Å². The number of fused-ring (bicyclic) bond motifs is 1. The van der Waals surface area contributed by atoms with Gasteiger partial charge in [0.2, 0.25) is 0 Å². The van der Waals surface area contributed by atoms with Crippen LogP contribution in [0.25, 0.3) is 0 Å². The highest BCUT2D eigenvalue weighted by molar-refractivity contribution is 5.41. The lowest BCUT2D eigenvalue weighted by molar-refractivity contribution is 0.268. The Kier molecular flexibility index (Phi) is 1.96. The standard InChI is InChI=1S/C10H12FNO/c1-6-4-10-7(5-8(6)11)9(12)2-3-13-10/h4-5,9H,2-3,12H2,1H3. The molecule has 0 radical (unpaired) electrons. The minimum atomic E-state index is -0.209. The van der Waals surface area contributed by atoms with E-state index in [1.54, 1.807) is 13.0 Å². The molecule has 3 heteroatoms. The Bertz CT molecular complexity index is 338. The number of rotatable bonds is 0. The fourth-order valence-corrected chi connectivity index (χ4v) is 1.54. The van der Waals surface area contributed by atoms with Gasteiger partial charge < -0.3 is 10.5 Å². The van der Waals surface area contributed by atoms with Crippen LogP contribution < -0.4 is 10.5 Å². The van der Waals surface area contributed by atoms with Gasteiger partial charge in [-0.2, -0.15) is 0 Å². The highest BCUT2D eigenvalue weighted by Gasteiger charge is 2.19. The van der Waals surface area contributed by atoms with Crippen molar-refractivity contribution in [2.75, 3.05) is 6.61 Å². The first-order valence-electron chi connectivity index (χ1n) is 4.37. The molecule has 0 aliphatic carbocycles. The van der Waals surface area contributed by atoms with E-state index < -0.39 is 0 Å². The van der Waals surface area contributed by atoms with Crippen LogP contribution in [0.5, 0.6) is 5.75 Å². The fraction of sp³-hybridized carbons (Fsp3) is 0.400. The van der Waals surface area contributed by atoms with Gasteiger partial charge in [0, 0.05) is 18.0 Å². The summed E-state index contributed by atoms with van der Waals surface area (Å²) in [6, 6.07) is 3.11. The van der Waals surface area contributed by atoms with E-state index in [-0.39, 0.29) is 11.9 Å². The highest BCUT2D eigenvalue weighted by atomic mass is 19.1. The van der Waals surface area contributed by atoms with E-state index in [0.29, 0.717) is 12.2 Å². The van der Waals surface area contributed by atoms with Gasteiger partial charge >= 0.3 is 0 Å². The first kappa shape index (κ1) is 8.51. The van der Waals surface area contributed by atoms with E-state index in [1.165, 1.54) is 6.07 Å². The van der Waals surface area contributed by atoms with Crippen molar-refractivity contribution in [1.82, 2.24) is 0 Å². The van der Waals surface area contributed by atoms with E-state index in [1.807, 2.05) is 0 Å². The monoisotopic (exact) mass is 181 g/mol. The zero-order chi connectivity index (χ0) is 9.42. The first-order valence-corrected chi connectivity index (χ1v) is 4.37. The zero-order valence-electron chi connectivity index (χ0n) is 7.51. The van der Waals surface area contributed by atoms with Crippen LogP contribution in [0.1, 0.15) is 23.6 Å². The molecule has 1 heterocycles. The maximum atomic E-state index is 13.2. The van der Waals surface area contributed by atoms with Crippen LogP contribution in [0.3, 0.4) is 0 Å². The predicted molar refractivity (Wildman–Crippen MR) is 48.2 cm³/mol. The van der Waals surface area contributed by atoms with Gasteiger partial charge in [-0.1, -0.05) is 0 Å². The third kappa shape index (κ3) is 1.40. The summed E-state index contributed by atoms with van der Waals surface area (Å²) in [5, 5.41) is 0. The predicted octanol–water partition coefficient (Wildman–Crippen LogP) is 1.92.